The van der Waals surface area contributed by atoms with Crippen molar-refractivity contribution in [3.05, 3.63) is 35.0 Å². The van der Waals surface area contributed by atoms with Gasteiger partial charge in [0.15, 0.2) is 0 Å². The Bertz CT molecular complexity index is 546. The van der Waals surface area contributed by atoms with Crippen LogP contribution in [0.2, 0.25) is 5.02 Å². The highest BCUT2D eigenvalue weighted by atomic mass is 35.5. The van der Waals surface area contributed by atoms with Gasteiger partial charge in [-0.1, -0.05) is 11.6 Å². The maximum atomic E-state index is 11.9. The van der Waals surface area contributed by atoms with E-state index in [0.29, 0.717) is 16.4 Å². The second-order valence-corrected chi connectivity index (χ2v) is 4.59. The largest absolute Gasteiger partial charge is 0.399 e. The summed E-state index contributed by atoms with van der Waals surface area (Å²) >= 11 is 5.94. The Hall–Kier alpha value is -2.19. The molecule has 1 amide bonds. The molecule has 0 heterocycles. The number of nitrogen functional groups attached to an aromatic ring is 1. The van der Waals surface area contributed by atoms with Crippen LogP contribution in [0.4, 0.5) is 11.4 Å². The molecule has 1 rings (SSSR count). The van der Waals surface area contributed by atoms with Crippen LogP contribution in [0, 0.1) is 11.3 Å². The molecule has 0 aromatic heterocycles. The zero-order valence-electron chi connectivity index (χ0n) is 10.7. The van der Waals surface area contributed by atoms with Crippen molar-refractivity contribution in [2.24, 2.45) is 0 Å². The minimum absolute atomic E-state index is 0.0263. The average molecular weight is 279 g/mol. The third kappa shape index (κ3) is 4.53. The number of benzene rings is 1. The number of halogens is 1. The summed E-state index contributed by atoms with van der Waals surface area (Å²) < 4.78 is 0. The van der Waals surface area contributed by atoms with Gasteiger partial charge in [0.1, 0.15) is 11.6 Å². The molecule has 1 aromatic rings. The van der Waals surface area contributed by atoms with Gasteiger partial charge in [-0.2, -0.15) is 5.26 Å². The first kappa shape index (κ1) is 14.9. The van der Waals surface area contributed by atoms with Crippen LogP contribution in [0.15, 0.2) is 30.0 Å². The Morgan fingerprint density at radius 3 is 2.74 bits per heavy atom. The third-order valence-corrected chi connectivity index (χ3v) is 2.48. The zero-order valence-corrected chi connectivity index (χ0v) is 11.5. The predicted molar refractivity (Wildman–Crippen MR) is 76.5 cm³/mol. The lowest BCUT2D eigenvalue weighted by Gasteiger charge is -2.08. The van der Waals surface area contributed by atoms with Crippen LogP contribution >= 0.6 is 11.6 Å². The van der Waals surface area contributed by atoms with Crippen molar-refractivity contribution in [3.63, 3.8) is 0 Å². The van der Waals surface area contributed by atoms with Crippen molar-refractivity contribution in [2.45, 2.75) is 19.9 Å². The summed E-state index contributed by atoms with van der Waals surface area (Å²) in [6.07, 6.45) is 1.38. The summed E-state index contributed by atoms with van der Waals surface area (Å²) in [7, 11) is 0. The first-order valence-corrected chi connectivity index (χ1v) is 6.04. The summed E-state index contributed by atoms with van der Waals surface area (Å²) in [5, 5.41) is 14.7. The van der Waals surface area contributed by atoms with Gasteiger partial charge in [-0.25, -0.2) is 0 Å². The van der Waals surface area contributed by atoms with E-state index in [2.05, 4.69) is 10.6 Å². The average Bonchev–Trinajstić information content (AvgIpc) is 2.33. The fraction of sp³-hybridized carbons (Fsp3) is 0.231. The second-order valence-electron chi connectivity index (χ2n) is 4.18. The van der Waals surface area contributed by atoms with Crippen molar-refractivity contribution in [1.29, 1.82) is 5.26 Å². The van der Waals surface area contributed by atoms with Crippen molar-refractivity contribution in [1.82, 2.24) is 5.32 Å². The van der Waals surface area contributed by atoms with E-state index in [1.54, 1.807) is 12.1 Å². The van der Waals surface area contributed by atoms with Gasteiger partial charge in [0.05, 0.1) is 10.7 Å². The number of hydrogen-bond donors (Lipinski definition) is 3. The molecule has 5 nitrogen and oxygen atoms in total. The van der Waals surface area contributed by atoms with E-state index in [-0.39, 0.29) is 11.6 Å². The Balaban J connectivity index is 2.83. The molecule has 0 fully saturated rings. The van der Waals surface area contributed by atoms with Crippen LogP contribution in [0.25, 0.3) is 0 Å². The van der Waals surface area contributed by atoms with Gasteiger partial charge in [0, 0.05) is 17.9 Å². The van der Waals surface area contributed by atoms with E-state index < -0.39 is 5.91 Å². The van der Waals surface area contributed by atoms with Gasteiger partial charge < -0.3 is 16.4 Å². The molecule has 4 N–H and O–H groups in total. The number of nitrogens with zero attached hydrogens (tertiary/aromatic N) is 1. The normalized spacial score (nSPS) is 11.0. The predicted octanol–water partition coefficient (Wildman–Crippen LogP) is 2.27. The Kier molecular flexibility index (Phi) is 5.22. The first-order valence-electron chi connectivity index (χ1n) is 5.66. The molecule has 0 saturated heterocycles. The number of nitrogens with one attached hydrogen (secondary N) is 2. The SMILES string of the molecule is CC(C)N/C=C(/C#N)C(=O)Nc1ccc(N)cc1Cl. The van der Waals surface area contributed by atoms with Crippen LogP contribution in [0.5, 0.6) is 0 Å². The highest BCUT2D eigenvalue weighted by Crippen LogP contribution is 2.24. The van der Waals surface area contributed by atoms with Crippen LogP contribution in [0.1, 0.15) is 13.8 Å². The van der Waals surface area contributed by atoms with E-state index in [0.717, 1.165) is 0 Å². The van der Waals surface area contributed by atoms with Gasteiger partial charge in [0.2, 0.25) is 0 Å². The number of nitriles is 1. The maximum absolute atomic E-state index is 11.9. The molecule has 0 aliphatic heterocycles. The van der Waals surface area contributed by atoms with Gasteiger partial charge in [-0.3, -0.25) is 4.79 Å². The molecule has 0 atom stereocenters. The highest BCUT2D eigenvalue weighted by molar-refractivity contribution is 6.34. The number of rotatable bonds is 4. The molecule has 100 valence electrons. The summed E-state index contributed by atoms with van der Waals surface area (Å²) in [4.78, 5) is 11.9. The molecule has 0 unspecified atom stereocenters. The van der Waals surface area contributed by atoms with Crippen LogP contribution in [0.3, 0.4) is 0 Å². The first-order chi connectivity index (χ1) is 8.93. The van der Waals surface area contributed by atoms with Crippen molar-refractivity contribution >= 4 is 28.9 Å². The molecule has 0 aliphatic rings. The number of carbonyl (C=O) groups is 1. The summed E-state index contributed by atoms with van der Waals surface area (Å²) in [5.41, 5.74) is 6.44. The van der Waals surface area contributed by atoms with Gasteiger partial charge >= 0.3 is 0 Å². The zero-order chi connectivity index (χ0) is 14.4. The second kappa shape index (κ2) is 6.66. The smallest absolute Gasteiger partial charge is 0.267 e. The molecule has 6 heteroatoms. The third-order valence-electron chi connectivity index (χ3n) is 2.17. The molecule has 0 radical (unpaired) electrons. The molecule has 0 spiro atoms. The molecule has 0 saturated carbocycles. The number of hydrogen-bond acceptors (Lipinski definition) is 4. The van der Waals surface area contributed by atoms with E-state index in [1.807, 2.05) is 19.9 Å². The van der Waals surface area contributed by atoms with Crippen LogP contribution < -0.4 is 16.4 Å². The Morgan fingerprint density at radius 1 is 1.53 bits per heavy atom. The molecular weight excluding hydrogens is 264 g/mol. The molecule has 19 heavy (non-hydrogen) atoms. The van der Waals surface area contributed by atoms with Crippen molar-refractivity contribution < 1.29 is 4.79 Å². The van der Waals surface area contributed by atoms with Crippen molar-refractivity contribution in [2.75, 3.05) is 11.1 Å². The molecule has 0 bridgehead atoms. The number of nitrogens with two attached hydrogens (primary N) is 1. The van der Waals surface area contributed by atoms with Gasteiger partial charge in [0.25, 0.3) is 5.91 Å². The van der Waals surface area contributed by atoms with Gasteiger partial charge in [-0.05, 0) is 32.0 Å². The fourth-order valence-electron chi connectivity index (χ4n) is 1.22. The Labute approximate surface area is 117 Å². The van der Waals surface area contributed by atoms with E-state index >= 15 is 0 Å². The standard InChI is InChI=1S/C13H15ClN4O/c1-8(2)17-7-9(6-15)13(19)18-12-4-3-10(16)5-11(12)14/h3-5,7-8,17H,16H2,1-2H3,(H,18,19)/b9-7-. The minimum atomic E-state index is -0.526. The van der Waals surface area contributed by atoms with E-state index in [9.17, 15) is 4.79 Å². The quantitative estimate of drug-likeness (QED) is 0.448. The van der Waals surface area contributed by atoms with E-state index in [4.69, 9.17) is 22.6 Å². The van der Waals surface area contributed by atoms with Crippen LogP contribution in [-0.4, -0.2) is 11.9 Å². The fourth-order valence-corrected chi connectivity index (χ4v) is 1.46. The molecule has 0 aliphatic carbocycles. The lowest BCUT2D eigenvalue weighted by Crippen LogP contribution is -2.20. The molecular formula is C13H15ClN4O. The monoisotopic (exact) mass is 278 g/mol. The summed E-state index contributed by atoms with van der Waals surface area (Å²) in [6, 6.07) is 6.69. The van der Waals surface area contributed by atoms with Crippen molar-refractivity contribution in [3.8, 4) is 6.07 Å². The molecule has 1 aromatic carbocycles. The summed E-state index contributed by atoms with van der Waals surface area (Å²) in [5.74, 6) is -0.526. The number of anilines is 2. The lowest BCUT2D eigenvalue weighted by molar-refractivity contribution is -0.112. The Morgan fingerprint density at radius 2 is 2.21 bits per heavy atom. The lowest BCUT2D eigenvalue weighted by atomic mass is 10.2. The minimum Gasteiger partial charge on any atom is -0.399 e. The summed E-state index contributed by atoms with van der Waals surface area (Å²) in [6.45, 7) is 3.81. The van der Waals surface area contributed by atoms with Gasteiger partial charge in [-0.15, -0.1) is 0 Å². The number of carbonyl (C=O) groups excluding carboxylic acids is 1. The van der Waals surface area contributed by atoms with E-state index in [1.165, 1.54) is 12.3 Å². The number of amides is 1. The van der Waals surface area contributed by atoms with Crippen LogP contribution in [-0.2, 0) is 4.79 Å². The highest BCUT2D eigenvalue weighted by Gasteiger charge is 2.11. The maximum Gasteiger partial charge on any atom is 0.267 e. The topological polar surface area (TPSA) is 90.9 Å².